The van der Waals surface area contributed by atoms with Crippen molar-refractivity contribution in [2.45, 2.75) is 110 Å². The maximum Gasteiger partial charge on any atom is 0.0571 e. The second-order valence-electron chi connectivity index (χ2n) is 8.40. The monoisotopic (exact) mass is 324 g/mol. The summed E-state index contributed by atoms with van der Waals surface area (Å²) < 4.78 is 0. The van der Waals surface area contributed by atoms with Gasteiger partial charge in [0.15, 0.2) is 0 Å². The van der Waals surface area contributed by atoms with Crippen LogP contribution in [-0.4, -0.2) is 22.4 Å². The van der Waals surface area contributed by atoms with Crippen LogP contribution in [0.1, 0.15) is 97.3 Å². The number of aliphatic hydroxyl groups is 2. The van der Waals surface area contributed by atoms with Crippen molar-refractivity contribution in [2.24, 2.45) is 23.7 Å². The summed E-state index contributed by atoms with van der Waals surface area (Å²) in [7, 11) is 0. The zero-order valence-electron chi connectivity index (χ0n) is 15.6. The van der Waals surface area contributed by atoms with Gasteiger partial charge in [-0.15, -0.1) is 0 Å². The van der Waals surface area contributed by atoms with Crippen molar-refractivity contribution in [1.29, 1.82) is 0 Å². The Balaban J connectivity index is 1.62. The van der Waals surface area contributed by atoms with E-state index in [1.54, 1.807) is 0 Å². The average molecular weight is 325 g/mol. The lowest BCUT2D eigenvalue weighted by Crippen LogP contribution is -2.20. The maximum absolute atomic E-state index is 10.3. The molecule has 0 heterocycles. The van der Waals surface area contributed by atoms with Gasteiger partial charge in [-0.05, 0) is 68.6 Å². The molecule has 136 valence electrons. The topological polar surface area (TPSA) is 40.5 Å². The van der Waals surface area contributed by atoms with E-state index in [1.807, 2.05) is 0 Å². The molecule has 2 N–H and O–H groups in total. The molecule has 6 atom stereocenters. The first-order valence-electron chi connectivity index (χ1n) is 10.5. The van der Waals surface area contributed by atoms with Gasteiger partial charge >= 0.3 is 0 Å². The lowest BCUT2D eigenvalue weighted by molar-refractivity contribution is 0.0957. The van der Waals surface area contributed by atoms with E-state index >= 15 is 0 Å². The van der Waals surface area contributed by atoms with Gasteiger partial charge in [0.25, 0.3) is 0 Å². The fourth-order valence-corrected chi connectivity index (χ4v) is 4.87. The highest BCUT2D eigenvalue weighted by Gasteiger charge is 2.37. The number of aliphatic hydroxyl groups excluding tert-OH is 2. The largest absolute Gasteiger partial charge is 0.393 e. The Morgan fingerprint density at radius 2 is 1.70 bits per heavy atom. The fourth-order valence-electron chi connectivity index (χ4n) is 4.87. The van der Waals surface area contributed by atoms with E-state index in [-0.39, 0.29) is 12.2 Å². The van der Waals surface area contributed by atoms with Crippen LogP contribution in [0.3, 0.4) is 0 Å². The lowest BCUT2D eigenvalue weighted by Gasteiger charge is -2.23. The van der Waals surface area contributed by atoms with Gasteiger partial charge in [0.05, 0.1) is 12.2 Å². The molecule has 0 saturated heterocycles. The molecule has 0 amide bonds. The molecule has 2 fully saturated rings. The molecule has 0 bridgehead atoms. The first kappa shape index (κ1) is 19.2. The Hall–Kier alpha value is -0.0800. The molecule has 2 saturated carbocycles. The van der Waals surface area contributed by atoms with E-state index < -0.39 is 0 Å². The minimum absolute atomic E-state index is 0.0729. The summed E-state index contributed by atoms with van der Waals surface area (Å²) in [6.45, 7) is 4.52. The Morgan fingerprint density at radius 1 is 0.913 bits per heavy atom. The molecular weight excluding hydrogens is 284 g/mol. The number of rotatable bonds is 12. The van der Waals surface area contributed by atoms with Crippen molar-refractivity contribution in [3.05, 3.63) is 0 Å². The summed E-state index contributed by atoms with van der Waals surface area (Å²) in [5.41, 5.74) is 0. The van der Waals surface area contributed by atoms with Crippen molar-refractivity contribution in [1.82, 2.24) is 0 Å². The first-order valence-corrected chi connectivity index (χ1v) is 10.5. The quantitative estimate of drug-likeness (QED) is 0.477. The summed E-state index contributed by atoms with van der Waals surface area (Å²) in [5, 5.41) is 20.6. The van der Waals surface area contributed by atoms with Gasteiger partial charge in [-0.2, -0.15) is 0 Å². The summed E-state index contributed by atoms with van der Waals surface area (Å²) in [6, 6.07) is 0. The van der Waals surface area contributed by atoms with Gasteiger partial charge < -0.3 is 10.2 Å². The van der Waals surface area contributed by atoms with Gasteiger partial charge in [0, 0.05) is 0 Å². The fraction of sp³-hybridized carbons (Fsp3) is 1.00. The van der Waals surface area contributed by atoms with E-state index in [0.29, 0.717) is 11.8 Å². The molecular formula is C21H40O2. The molecule has 0 aromatic rings. The SMILES string of the molecule is CCCCCCC[C@@H]1[C@@H](CCC(O)C[C@@H]2C[C@@H]2CC)CC[C@@H]1O. The Kier molecular flexibility index (Phi) is 8.40. The second kappa shape index (κ2) is 10.0. The molecule has 2 aliphatic rings. The van der Waals surface area contributed by atoms with Crippen LogP contribution in [0.4, 0.5) is 0 Å². The van der Waals surface area contributed by atoms with Gasteiger partial charge in [0.1, 0.15) is 0 Å². The third-order valence-electron chi connectivity index (χ3n) is 6.61. The van der Waals surface area contributed by atoms with Gasteiger partial charge in [-0.3, -0.25) is 0 Å². The van der Waals surface area contributed by atoms with E-state index in [2.05, 4.69) is 13.8 Å². The van der Waals surface area contributed by atoms with Crippen LogP contribution in [0.15, 0.2) is 0 Å². The molecule has 1 unspecified atom stereocenters. The molecule has 0 aromatic heterocycles. The molecule has 0 radical (unpaired) electrons. The number of hydrogen-bond donors (Lipinski definition) is 2. The zero-order chi connectivity index (χ0) is 16.7. The van der Waals surface area contributed by atoms with Crippen LogP contribution in [-0.2, 0) is 0 Å². The van der Waals surface area contributed by atoms with E-state index in [4.69, 9.17) is 0 Å². The van der Waals surface area contributed by atoms with Crippen molar-refractivity contribution < 1.29 is 10.2 Å². The van der Waals surface area contributed by atoms with Crippen molar-refractivity contribution in [2.75, 3.05) is 0 Å². The van der Waals surface area contributed by atoms with Gasteiger partial charge in [0.2, 0.25) is 0 Å². The zero-order valence-corrected chi connectivity index (χ0v) is 15.6. The maximum atomic E-state index is 10.3. The minimum atomic E-state index is -0.0977. The molecule has 2 rings (SSSR count). The first-order chi connectivity index (χ1) is 11.2. The predicted octanol–water partition coefficient (Wildman–Crippen LogP) is 5.31. The molecule has 0 aliphatic heterocycles. The van der Waals surface area contributed by atoms with Crippen LogP contribution in [0.25, 0.3) is 0 Å². The third kappa shape index (κ3) is 6.38. The summed E-state index contributed by atoms with van der Waals surface area (Å²) in [5.74, 6) is 2.87. The highest BCUT2D eigenvalue weighted by atomic mass is 16.3. The highest BCUT2D eigenvalue weighted by Crippen LogP contribution is 2.45. The van der Waals surface area contributed by atoms with Crippen molar-refractivity contribution >= 4 is 0 Å². The van der Waals surface area contributed by atoms with Crippen LogP contribution in [0.2, 0.25) is 0 Å². The Labute approximate surface area is 144 Å². The number of unbranched alkanes of at least 4 members (excludes halogenated alkanes) is 4. The molecule has 23 heavy (non-hydrogen) atoms. The average Bonchev–Trinajstić information content (AvgIpc) is 3.20. The summed E-state index contributed by atoms with van der Waals surface area (Å²) >= 11 is 0. The lowest BCUT2D eigenvalue weighted by atomic mass is 9.85. The predicted molar refractivity (Wildman–Crippen MR) is 97.3 cm³/mol. The Bertz CT molecular complexity index is 317. The third-order valence-corrected chi connectivity index (χ3v) is 6.61. The molecule has 2 aliphatic carbocycles. The molecule has 2 nitrogen and oxygen atoms in total. The normalized spacial score (nSPS) is 34.7. The molecule has 0 aromatic carbocycles. The van der Waals surface area contributed by atoms with E-state index in [9.17, 15) is 10.2 Å². The molecule has 0 spiro atoms. The van der Waals surface area contributed by atoms with Crippen LogP contribution in [0, 0.1) is 23.7 Å². The van der Waals surface area contributed by atoms with Gasteiger partial charge in [-0.1, -0.05) is 52.4 Å². The second-order valence-corrected chi connectivity index (χ2v) is 8.40. The minimum Gasteiger partial charge on any atom is -0.393 e. The van der Waals surface area contributed by atoms with Gasteiger partial charge in [-0.25, -0.2) is 0 Å². The smallest absolute Gasteiger partial charge is 0.0571 e. The van der Waals surface area contributed by atoms with Crippen molar-refractivity contribution in [3.63, 3.8) is 0 Å². The Morgan fingerprint density at radius 3 is 2.39 bits per heavy atom. The standard InChI is InChI=1S/C21H40O2/c1-3-5-6-7-8-9-20-17(11-13-21(20)23)10-12-19(22)15-18-14-16(18)4-2/h16-23H,3-15H2,1-2H3/t16-,17-,18-,19?,20+,21-/m0/s1. The van der Waals surface area contributed by atoms with Crippen LogP contribution in [0.5, 0.6) is 0 Å². The van der Waals surface area contributed by atoms with E-state index in [1.165, 1.54) is 57.8 Å². The van der Waals surface area contributed by atoms with Crippen molar-refractivity contribution in [3.8, 4) is 0 Å². The van der Waals surface area contributed by atoms with E-state index in [0.717, 1.165) is 37.5 Å². The summed E-state index contributed by atoms with van der Waals surface area (Å²) in [6.07, 6.45) is 15.5. The highest BCUT2D eigenvalue weighted by molar-refractivity contribution is 4.88. The van der Waals surface area contributed by atoms with Crippen LogP contribution < -0.4 is 0 Å². The summed E-state index contributed by atoms with van der Waals surface area (Å²) in [4.78, 5) is 0. The number of hydrogen-bond acceptors (Lipinski definition) is 2. The van der Waals surface area contributed by atoms with Crippen LogP contribution >= 0.6 is 0 Å². The molecule has 2 heteroatoms.